The molecule has 0 saturated heterocycles. The molecule has 0 rings (SSSR count). The molecule has 0 heterocycles. The summed E-state index contributed by atoms with van der Waals surface area (Å²) in [6, 6.07) is 0. The monoisotopic (exact) mass is 576 g/mol. The maximum absolute atomic E-state index is 13.3. The average Bonchev–Trinajstić information content (AvgIpc) is 2.64. The number of aliphatic carboxylic acids is 1. The third kappa shape index (κ3) is 4.00. The number of hydrogen-bond donors (Lipinski definition) is 1. The molecule has 0 amide bonds. The second-order valence-corrected chi connectivity index (χ2v) is 6.03. The molecule has 0 aliphatic carbocycles. The number of rotatable bonds is 9. The van der Waals surface area contributed by atoms with Gasteiger partial charge in [0.1, 0.15) is 0 Å². The molecule has 0 atom stereocenters. The Morgan fingerprint density at radius 3 is 0.886 bits per heavy atom. The SMILES string of the molecule is O=C(O)C(F)=C(F)C(F)(F)C(F)(F)C(F)(F)C(F)(F)C(F)(F)C(F)(F)C(F)(F)C(F)(F)C(F)(F)F. The van der Waals surface area contributed by atoms with Gasteiger partial charge in [0.05, 0.1) is 0 Å². The van der Waals surface area contributed by atoms with E-state index in [9.17, 15) is 97.0 Å². The summed E-state index contributed by atoms with van der Waals surface area (Å²) in [4.78, 5) is 9.88. The number of carboxylic acid groups (broad SMARTS) is 1. The molecule has 23 heteroatoms. The highest BCUT2D eigenvalue weighted by Gasteiger charge is 2.97. The first-order valence-electron chi connectivity index (χ1n) is 7.15. The van der Waals surface area contributed by atoms with Crippen molar-refractivity contribution in [3.63, 3.8) is 0 Å². The standard InChI is InChI=1S/C12HF21O2/c13-1(3(34)35)2(14)4(15,16)5(17,18)6(19,20)7(21,22)8(23,24)9(25,26)10(27,28)11(29,30)12(31,32)33/h(H,34,35). The van der Waals surface area contributed by atoms with E-state index < -0.39 is 71.2 Å². The Bertz CT molecular complexity index is 862. The van der Waals surface area contributed by atoms with Gasteiger partial charge in [0, 0.05) is 0 Å². The van der Waals surface area contributed by atoms with Crippen LogP contribution in [0.2, 0.25) is 0 Å². The second kappa shape index (κ2) is 8.13. The van der Waals surface area contributed by atoms with E-state index in [1.54, 1.807) is 0 Å². The summed E-state index contributed by atoms with van der Waals surface area (Å²) in [5.41, 5.74) is 0. The van der Waals surface area contributed by atoms with Gasteiger partial charge in [-0.25, -0.2) is 9.18 Å². The largest absolute Gasteiger partial charge is 0.476 e. The zero-order valence-electron chi connectivity index (χ0n) is 14.8. The molecule has 0 aromatic carbocycles. The Morgan fingerprint density at radius 2 is 0.657 bits per heavy atom. The molecule has 0 spiro atoms. The highest BCUT2D eigenvalue weighted by molar-refractivity contribution is 5.84. The summed E-state index contributed by atoms with van der Waals surface area (Å²) in [7, 11) is 0. The van der Waals surface area contributed by atoms with Gasteiger partial charge in [-0.1, -0.05) is 0 Å². The molecule has 208 valence electrons. The van der Waals surface area contributed by atoms with Crippen molar-refractivity contribution >= 4 is 5.97 Å². The zero-order valence-corrected chi connectivity index (χ0v) is 14.8. The van der Waals surface area contributed by atoms with Gasteiger partial charge in [-0.15, -0.1) is 0 Å². The summed E-state index contributed by atoms with van der Waals surface area (Å²) >= 11 is 0. The lowest BCUT2D eigenvalue weighted by molar-refractivity contribution is -0.467. The molecule has 0 fully saturated rings. The van der Waals surface area contributed by atoms with E-state index in [0.29, 0.717) is 0 Å². The van der Waals surface area contributed by atoms with Gasteiger partial charge in [-0.3, -0.25) is 0 Å². The molecular formula is C12HF21O2. The molecule has 0 aromatic heterocycles. The fourth-order valence-electron chi connectivity index (χ4n) is 1.73. The number of halogens is 21. The molecule has 0 saturated carbocycles. The van der Waals surface area contributed by atoms with Gasteiger partial charge in [0.2, 0.25) is 11.7 Å². The van der Waals surface area contributed by atoms with E-state index in [2.05, 4.69) is 0 Å². The van der Waals surface area contributed by atoms with Crippen molar-refractivity contribution in [2.45, 2.75) is 53.6 Å². The fraction of sp³-hybridized carbons (Fsp3) is 0.750. The van der Waals surface area contributed by atoms with Crippen molar-refractivity contribution in [2.24, 2.45) is 0 Å². The van der Waals surface area contributed by atoms with Gasteiger partial charge >= 0.3 is 59.5 Å². The summed E-state index contributed by atoms with van der Waals surface area (Å²) in [5, 5.41) is 7.76. The molecular weight excluding hydrogens is 575 g/mol. The van der Waals surface area contributed by atoms with Crippen molar-refractivity contribution < 1.29 is 102 Å². The van der Waals surface area contributed by atoms with Crippen LogP contribution in [0.3, 0.4) is 0 Å². The number of allylic oxidation sites excluding steroid dienone is 1. The first-order valence-corrected chi connectivity index (χ1v) is 7.15. The predicted molar refractivity (Wildman–Crippen MR) is 62.5 cm³/mol. The van der Waals surface area contributed by atoms with Gasteiger partial charge in [0.15, 0.2) is 0 Å². The van der Waals surface area contributed by atoms with Crippen LogP contribution in [0.1, 0.15) is 0 Å². The minimum atomic E-state index is -9.23. The van der Waals surface area contributed by atoms with E-state index in [1.807, 2.05) is 0 Å². The fourth-order valence-corrected chi connectivity index (χ4v) is 1.73. The van der Waals surface area contributed by atoms with Crippen LogP contribution in [0.25, 0.3) is 0 Å². The van der Waals surface area contributed by atoms with Crippen molar-refractivity contribution in [3.05, 3.63) is 11.7 Å². The highest BCUT2D eigenvalue weighted by Crippen LogP contribution is 2.65. The van der Waals surface area contributed by atoms with Crippen LogP contribution in [0.4, 0.5) is 92.2 Å². The summed E-state index contributed by atoms with van der Waals surface area (Å²) in [6.45, 7) is 0. The first kappa shape index (κ1) is 32.7. The van der Waals surface area contributed by atoms with Gasteiger partial charge in [0.25, 0.3) is 0 Å². The average molecular weight is 576 g/mol. The summed E-state index contributed by atoms with van der Waals surface area (Å²) in [5.74, 6) is -83.5. The van der Waals surface area contributed by atoms with Crippen LogP contribution in [-0.2, 0) is 4.79 Å². The lowest BCUT2D eigenvalue weighted by Gasteiger charge is -2.43. The van der Waals surface area contributed by atoms with Crippen molar-refractivity contribution in [1.82, 2.24) is 0 Å². The molecule has 0 radical (unpaired) electrons. The lowest BCUT2D eigenvalue weighted by atomic mass is 9.87. The van der Waals surface area contributed by atoms with Crippen LogP contribution >= 0.6 is 0 Å². The van der Waals surface area contributed by atoms with Crippen molar-refractivity contribution in [2.75, 3.05) is 0 Å². The minimum absolute atomic E-state index is 3.67. The molecule has 0 aliphatic rings. The highest BCUT2D eigenvalue weighted by atomic mass is 19.4. The quantitative estimate of drug-likeness (QED) is 0.241. The van der Waals surface area contributed by atoms with E-state index >= 15 is 0 Å². The third-order valence-corrected chi connectivity index (χ3v) is 3.77. The van der Waals surface area contributed by atoms with E-state index in [-0.39, 0.29) is 0 Å². The molecule has 2 nitrogen and oxygen atoms in total. The van der Waals surface area contributed by atoms with Crippen LogP contribution in [-0.4, -0.2) is 64.6 Å². The molecule has 35 heavy (non-hydrogen) atoms. The molecule has 1 N–H and O–H groups in total. The Balaban J connectivity index is 7.15. The Morgan fingerprint density at radius 1 is 0.429 bits per heavy atom. The van der Waals surface area contributed by atoms with Crippen molar-refractivity contribution in [1.29, 1.82) is 0 Å². The van der Waals surface area contributed by atoms with Gasteiger partial charge < -0.3 is 5.11 Å². The number of hydrogen-bond acceptors (Lipinski definition) is 1. The zero-order chi connectivity index (χ0) is 29.2. The Kier molecular flexibility index (Phi) is 7.60. The van der Waals surface area contributed by atoms with Crippen molar-refractivity contribution in [3.8, 4) is 0 Å². The maximum atomic E-state index is 13.3. The van der Waals surface area contributed by atoms with Crippen LogP contribution in [0.5, 0.6) is 0 Å². The Labute approximate surface area is 174 Å². The van der Waals surface area contributed by atoms with Crippen LogP contribution in [0, 0.1) is 0 Å². The molecule has 0 aromatic rings. The van der Waals surface area contributed by atoms with E-state index in [0.717, 1.165) is 0 Å². The number of carbonyl (C=O) groups is 1. The Hall–Kier alpha value is -2.26. The van der Waals surface area contributed by atoms with E-state index in [4.69, 9.17) is 5.11 Å². The van der Waals surface area contributed by atoms with Gasteiger partial charge in [-0.2, -0.15) is 87.8 Å². The first-order chi connectivity index (χ1) is 14.8. The molecule has 0 unspecified atom stereocenters. The van der Waals surface area contributed by atoms with Crippen LogP contribution < -0.4 is 0 Å². The topological polar surface area (TPSA) is 37.3 Å². The molecule has 0 bridgehead atoms. The second-order valence-electron chi connectivity index (χ2n) is 6.03. The maximum Gasteiger partial charge on any atom is 0.460 e. The summed E-state index contributed by atoms with van der Waals surface area (Å²) in [6.07, 6.45) is -8.03. The predicted octanol–water partition coefficient (Wildman–Crippen LogP) is 6.87. The third-order valence-electron chi connectivity index (χ3n) is 3.77. The molecule has 0 aliphatic heterocycles. The van der Waals surface area contributed by atoms with E-state index in [1.165, 1.54) is 0 Å². The normalized spacial score (nSPS) is 16.8. The summed E-state index contributed by atoms with van der Waals surface area (Å²) < 4.78 is 271. The smallest absolute Gasteiger partial charge is 0.460 e. The lowest BCUT2D eigenvalue weighted by Crippen LogP contribution is -2.75. The minimum Gasteiger partial charge on any atom is -0.476 e. The number of carboxylic acids is 1. The number of alkyl halides is 19. The van der Waals surface area contributed by atoms with Gasteiger partial charge in [-0.05, 0) is 0 Å². The van der Waals surface area contributed by atoms with Crippen LogP contribution in [0.15, 0.2) is 11.7 Å².